The Hall–Kier alpha value is -1.57. The van der Waals surface area contributed by atoms with Crippen LogP contribution in [0.4, 0.5) is 0 Å². The maximum absolute atomic E-state index is 11.7. The van der Waals surface area contributed by atoms with E-state index in [1.807, 2.05) is 43.3 Å². The van der Waals surface area contributed by atoms with Crippen molar-refractivity contribution in [3.05, 3.63) is 42.0 Å². The quantitative estimate of drug-likeness (QED) is 0.707. The summed E-state index contributed by atoms with van der Waals surface area (Å²) in [4.78, 5) is 11.7. The van der Waals surface area contributed by atoms with Crippen LogP contribution in [0.5, 0.6) is 5.75 Å². The van der Waals surface area contributed by atoms with E-state index in [4.69, 9.17) is 4.74 Å². The number of carbonyl (C=O) groups excluding carboxylic acids is 1. The highest BCUT2D eigenvalue weighted by Gasteiger charge is 2.45. The van der Waals surface area contributed by atoms with Crippen LogP contribution in [0, 0.1) is 18.8 Å². The van der Waals surface area contributed by atoms with Gasteiger partial charge in [-0.15, -0.1) is 0 Å². The average molecular weight is 214 g/mol. The van der Waals surface area contributed by atoms with Crippen LogP contribution in [0.25, 0.3) is 0 Å². The lowest BCUT2D eigenvalue weighted by atomic mass is 10.0. The monoisotopic (exact) mass is 214 g/mol. The molecule has 1 fully saturated rings. The molecule has 1 aromatic carbocycles. The molecule has 3 unspecified atom stereocenters. The number of para-hydroxylation sites is 1. The lowest BCUT2D eigenvalue weighted by Gasteiger charge is -2.20. The summed E-state index contributed by atoms with van der Waals surface area (Å²) < 4.78 is 5.94. The van der Waals surface area contributed by atoms with Crippen molar-refractivity contribution >= 4 is 5.78 Å². The van der Waals surface area contributed by atoms with E-state index >= 15 is 0 Å². The number of aryl methyl sites for hydroxylation is 1. The van der Waals surface area contributed by atoms with Gasteiger partial charge < -0.3 is 4.74 Å². The second-order valence-electron chi connectivity index (χ2n) is 4.58. The minimum absolute atomic E-state index is 0.00962. The normalized spacial score (nSPS) is 31.1. The third-order valence-corrected chi connectivity index (χ3v) is 3.50. The highest BCUT2D eigenvalue weighted by atomic mass is 16.5. The minimum atomic E-state index is -0.00962. The van der Waals surface area contributed by atoms with Crippen molar-refractivity contribution in [1.82, 2.24) is 0 Å². The summed E-state index contributed by atoms with van der Waals surface area (Å²) >= 11 is 0. The highest BCUT2D eigenvalue weighted by molar-refractivity contribution is 5.92. The molecule has 82 valence electrons. The van der Waals surface area contributed by atoms with E-state index < -0.39 is 0 Å². The first-order valence-corrected chi connectivity index (χ1v) is 5.70. The van der Waals surface area contributed by atoms with Gasteiger partial charge in [0.15, 0.2) is 0 Å². The number of hydrogen-bond acceptors (Lipinski definition) is 2. The van der Waals surface area contributed by atoms with Crippen LogP contribution in [0.2, 0.25) is 0 Å². The summed E-state index contributed by atoms with van der Waals surface area (Å²) in [6.45, 7) is 2.03. The van der Waals surface area contributed by atoms with E-state index in [1.165, 1.54) is 0 Å². The molecule has 0 aliphatic heterocycles. The first kappa shape index (κ1) is 9.64. The molecular weight excluding hydrogens is 200 g/mol. The van der Waals surface area contributed by atoms with Crippen LogP contribution >= 0.6 is 0 Å². The maximum atomic E-state index is 11.7. The summed E-state index contributed by atoms with van der Waals surface area (Å²) in [6, 6.07) is 7.96. The van der Waals surface area contributed by atoms with Crippen molar-refractivity contribution in [2.75, 3.05) is 0 Å². The van der Waals surface area contributed by atoms with Crippen LogP contribution in [-0.4, -0.2) is 11.9 Å². The Morgan fingerprint density at radius 1 is 1.25 bits per heavy atom. The average Bonchev–Trinajstić information content (AvgIpc) is 2.78. The Balaban J connectivity index is 1.80. The molecule has 0 radical (unpaired) electrons. The predicted octanol–water partition coefficient (Wildman–Crippen LogP) is 2.52. The van der Waals surface area contributed by atoms with E-state index in [2.05, 4.69) is 0 Å². The maximum Gasteiger partial charge on any atom is 0.150 e. The standard InChI is InChI=1S/C14H14O2/c1-9-4-2-3-5-12(9)16-13-8-10-6-7-11(13)14(10)15/h2-7,10-11,13H,8H2,1H3. The third kappa shape index (κ3) is 1.37. The molecule has 0 aromatic heterocycles. The number of hydrogen-bond donors (Lipinski definition) is 0. The minimum Gasteiger partial charge on any atom is -0.489 e. The van der Waals surface area contributed by atoms with Gasteiger partial charge in [0.25, 0.3) is 0 Å². The zero-order valence-corrected chi connectivity index (χ0v) is 9.22. The largest absolute Gasteiger partial charge is 0.489 e. The van der Waals surface area contributed by atoms with E-state index in [1.54, 1.807) is 0 Å². The van der Waals surface area contributed by atoms with Crippen molar-refractivity contribution in [2.45, 2.75) is 19.4 Å². The van der Waals surface area contributed by atoms with Crippen LogP contribution < -0.4 is 4.74 Å². The number of fused-ring (bicyclic) bond motifs is 2. The zero-order valence-electron chi connectivity index (χ0n) is 9.22. The number of Topliss-reactive ketones (excluding diaryl/α,β-unsaturated/α-hetero) is 1. The molecule has 2 nitrogen and oxygen atoms in total. The van der Waals surface area contributed by atoms with Gasteiger partial charge in [0.2, 0.25) is 0 Å². The number of benzene rings is 1. The first-order valence-electron chi connectivity index (χ1n) is 5.70. The lowest BCUT2D eigenvalue weighted by molar-refractivity contribution is -0.121. The van der Waals surface area contributed by atoms with Crippen LogP contribution in [0.15, 0.2) is 36.4 Å². The number of rotatable bonds is 2. The summed E-state index contributed by atoms with van der Waals surface area (Å²) in [5.41, 5.74) is 1.13. The summed E-state index contributed by atoms with van der Waals surface area (Å²) in [6.07, 6.45) is 4.90. The molecule has 0 spiro atoms. The van der Waals surface area contributed by atoms with Crippen molar-refractivity contribution in [3.63, 3.8) is 0 Å². The van der Waals surface area contributed by atoms with Gasteiger partial charge in [-0.3, -0.25) is 4.79 Å². The van der Waals surface area contributed by atoms with Gasteiger partial charge in [0.1, 0.15) is 17.6 Å². The van der Waals surface area contributed by atoms with Gasteiger partial charge in [-0.2, -0.15) is 0 Å². The molecule has 0 amide bonds. The molecular formula is C14H14O2. The van der Waals surface area contributed by atoms with Gasteiger partial charge >= 0.3 is 0 Å². The van der Waals surface area contributed by atoms with Crippen LogP contribution in [0.1, 0.15) is 12.0 Å². The first-order chi connectivity index (χ1) is 7.75. The van der Waals surface area contributed by atoms with E-state index in [0.717, 1.165) is 17.7 Å². The van der Waals surface area contributed by atoms with Crippen LogP contribution in [-0.2, 0) is 4.79 Å². The molecule has 16 heavy (non-hydrogen) atoms. The Morgan fingerprint density at radius 2 is 2.06 bits per heavy atom. The zero-order chi connectivity index (χ0) is 11.1. The van der Waals surface area contributed by atoms with Crippen molar-refractivity contribution in [2.24, 2.45) is 11.8 Å². The molecule has 1 saturated carbocycles. The van der Waals surface area contributed by atoms with E-state index in [9.17, 15) is 4.79 Å². The fraction of sp³-hybridized carbons (Fsp3) is 0.357. The SMILES string of the molecule is Cc1ccccc1OC1CC2C=CC1C2=O. The second kappa shape index (κ2) is 3.48. The molecule has 1 aromatic rings. The van der Waals surface area contributed by atoms with Crippen molar-refractivity contribution in [1.29, 1.82) is 0 Å². The molecule has 2 aliphatic carbocycles. The van der Waals surface area contributed by atoms with Crippen molar-refractivity contribution in [3.8, 4) is 5.75 Å². The smallest absolute Gasteiger partial charge is 0.150 e. The summed E-state index contributed by atoms with van der Waals surface area (Å²) in [5, 5.41) is 0. The third-order valence-electron chi connectivity index (χ3n) is 3.50. The number of allylic oxidation sites excluding steroid dienone is 1. The molecule has 3 atom stereocenters. The fourth-order valence-electron chi connectivity index (χ4n) is 2.56. The number of ketones is 1. The van der Waals surface area contributed by atoms with Gasteiger partial charge in [0.05, 0.1) is 5.92 Å². The molecule has 0 N–H and O–H groups in total. The number of carbonyl (C=O) groups is 1. The van der Waals surface area contributed by atoms with Crippen molar-refractivity contribution < 1.29 is 9.53 Å². The van der Waals surface area contributed by atoms with E-state index in [-0.39, 0.29) is 17.9 Å². The van der Waals surface area contributed by atoms with E-state index in [0.29, 0.717) is 5.78 Å². The Morgan fingerprint density at radius 3 is 2.69 bits per heavy atom. The Kier molecular flexibility index (Phi) is 2.10. The molecule has 2 aliphatic rings. The molecule has 0 heterocycles. The van der Waals surface area contributed by atoms with Gasteiger partial charge in [-0.1, -0.05) is 30.4 Å². The summed E-state index contributed by atoms with van der Waals surface area (Å²) in [7, 11) is 0. The highest BCUT2D eigenvalue weighted by Crippen LogP contribution is 2.38. The topological polar surface area (TPSA) is 26.3 Å². The second-order valence-corrected chi connectivity index (χ2v) is 4.58. The molecule has 2 bridgehead atoms. The van der Waals surface area contributed by atoms with Gasteiger partial charge in [-0.05, 0) is 25.0 Å². The number of ether oxygens (including phenoxy) is 1. The van der Waals surface area contributed by atoms with Crippen LogP contribution in [0.3, 0.4) is 0 Å². The lowest BCUT2D eigenvalue weighted by Crippen LogP contribution is -2.23. The van der Waals surface area contributed by atoms with Gasteiger partial charge in [0, 0.05) is 5.92 Å². The Bertz CT molecular complexity index is 462. The van der Waals surface area contributed by atoms with Gasteiger partial charge in [-0.25, -0.2) is 0 Å². The Labute approximate surface area is 94.9 Å². The molecule has 2 heteroatoms. The summed E-state index contributed by atoms with van der Waals surface area (Å²) in [5.74, 6) is 1.34. The predicted molar refractivity (Wildman–Crippen MR) is 61.3 cm³/mol. The molecule has 3 rings (SSSR count). The molecule has 0 saturated heterocycles. The fourth-order valence-corrected chi connectivity index (χ4v) is 2.56.